The Morgan fingerprint density at radius 3 is 2.36 bits per heavy atom. The van der Waals surface area contributed by atoms with Gasteiger partial charge in [0.1, 0.15) is 0 Å². The molecule has 2 N–H and O–H groups in total. The van der Waals surface area contributed by atoms with E-state index >= 15 is 0 Å². The van der Waals surface area contributed by atoms with Gasteiger partial charge in [-0.05, 0) is 98.9 Å². The zero-order valence-electron chi connectivity index (χ0n) is 18.9. The first kappa shape index (κ1) is 23.8. The quantitative estimate of drug-likeness (QED) is 0.361. The minimum absolute atomic E-state index is 0.594. The number of hydrogen-bond acceptors (Lipinski definition) is 2. The van der Waals surface area contributed by atoms with Crippen LogP contribution in [0.3, 0.4) is 0 Å². The Kier molecular flexibility index (Phi) is 10.5. The van der Waals surface area contributed by atoms with Gasteiger partial charge in [-0.25, -0.2) is 0 Å². The molecule has 0 aliphatic heterocycles. The lowest BCUT2D eigenvalue weighted by Crippen LogP contribution is -2.04. The number of benzene rings is 1. The molecule has 28 heavy (non-hydrogen) atoms. The van der Waals surface area contributed by atoms with Gasteiger partial charge in [0.25, 0.3) is 0 Å². The van der Waals surface area contributed by atoms with Crippen molar-refractivity contribution in [1.29, 1.82) is 0 Å². The highest BCUT2D eigenvalue weighted by molar-refractivity contribution is 6.02. The Labute approximate surface area is 172 Å². The molecule has 0 radical (unpaired) electrons. The van der Waals surface area contributed by atoms with E-state index in [-0.39, 0.29) is 0 Å². The van der Waals surface area contributed by atoms with E-state index in [2.05, 4.69) is 76.9 Å². The van der Waals surface area contributed by atoms with E-state index in [1.807, 2.05) is 19.2 Å². The van der Waals surface area contributed by atoms with Crippen LogP contribution in [0.1, 0.15) is 76.6 Å². The van der Waals surface area contributed by atoms with Gasteiger partial charge >= 0.3 is 0 Å². The molecule has 1 rings (SSSR count). The minimum Gasteiger partial charge on any atom is -0.326 e. The third-order valence-corrected chi connectivity index (χ3v) is 5.08. The molecule has 1 aromatic carbocycles. The van der Waals surface area contributed by atoms with Gasteiger partial charge in [-0.2, -0.15) is 0 Å². The molecule has 2 nitrogen and oxygen atoms in total. The molecule has 0 heterocycles. The Morgan fingerprint density at radius 2 is 1.79 bits per heavy atom. The van der Waals surface area contributed by atoms with E-state index in [9.17, 15) is 0 Å². The van der Waals surface area contributed by atoms with Crippen LogP contribution >= 0.6 is 0 Å². The lowest BCUT2D eigenvalue weighted by Gasteiger charge is -2.13. The van der Waals surface area contributed by atoms with Gasteiger partial charge < -0.3 is 5.73 Å². The van der Waals surface area contributed by atoms with Crippen LogP contribution in [0, 0.1) is 6.92 Å². The van der Waals surface area contributed by atoms with Gasteiger partial charge in [0.05, 0.1) is 0 Å². The second-order valence-electron chi connectivity index (χ2n) is 7.22. The van der Waals surface area contributed by atoms with E-state index in [0.717, 1.165) is 25.0 Å². The van der Waals surface area contributed by atoms with Gasteiger partial charge in [-0.1, -0.05) is 44.2 Å². The largest absolute Gasteiger partial charge is 0.326 e. The Balaban J connectivity index is 3.18. The molecule has 0 amide bonds. The first-order chi connectivity index (χ1) is 13.4. The molecule has 2 heteroatoms. The number of nitrogens with two attached hydrogens (primary N) is 1. The number of aryl methyl sites for hydroxylation is 1. The van der Waals surface area contributed by atoms with E-state index in [4.69, 9.17) is 5.73 Å². The third-order valence-electron chi connectivity index (χ3n) is 5.08. The maximum Gasteiger partial charge on any atom is 0.0444 e. The highest BCUT2D eigenvalue weighted by Crippen LogP contribution is 2.24. The van der Waals surface area contributed by atoms with Crippen LogP contribution in [0.4, 0.5) is 0 Å². The van der Waals surface area contributed by atoms with E-state index in [1.54, 1.807) is 0 Å². The molecule has 1 aromatic rings. The summed E-state index contributed by atoms with van der Waals surface area (Å²) in [6.07, 6.45) is 13.6. The molecule has 0 spiro atoms. The maximum atomic E-state index is 5.99. The van der Waals surface area contributed by atoms with E-state index in [1.165, 1.54) is 39.0 Å². The summed E-state index contributed by atoms with van der Waals surface area (Å²) < 4.78 is 0. The number of allylic oxidation sites excluding steroid dienone is 7. The predicted molar refractivity (Wildman–Crippen MR) is 127 cm³/mol. The van der Waals surface area contributed by atoms with E-state index in [0.29, 0.717) is 6.54 Å². The Bertz CT molecular complexity index is 802. The standard InChI is InChI=1S/C26H38N2/c1-8-12-20(5)26(22(7)28-15-9-2)14-11-13-19(4)23-16-21(6)25(10-3)24(17-23)18-27/h9,12-17H,8,10-11,18,27H2,1-7H3/b15-9+,19-13+,20-12+,26-14+,28-22-. The lowest BCUT2D eigenvalue weighted by atomic mass is 9.93. The summed E-state index contributed by atoms with van der Waals surface area (Å²) in [5.41, 5.74) is 16.1. The van der Waals surface area contributed by atoms with Crippen LogP contribution in [-0.4, -0.2) is 5.71 Å². The van der Waals surface area contributed by atoms with Crippen molar-refractivity contribution in [2.24, 2.45) is 10.7 Å². The molecule has 0 aliphatic carbocycles. The summed E-state index contributed by atoms with van der Waals surface area (Å²) >= 11 is 0. The second kappa shape index (κ2) is 12.3. The van der Waals surface area contributed by atoms with Crippen LogP contribution in [0.25, 0.3) is 5.57 Å². The summed E-state index contributed by atoms with van der Waals surface area (Å²) in [6, 6.07) is 4.54. The van der Waals surface area contributed by atoms with Gasteiger partial charge in [0.15, 0.2) is 0 Å². The van der Waals surface area contributed by atoms with Crippen LogP contribution in [0.5, 0.6) is 0 Å². The summed E-state index contributed by atoms with van der Waals surface area (Å²) in [4.78, 5) is 4.55. The third kappa shape index (κ3) is 6.76. The van der Waals surface area contributed by atoms with Crippen molar-refractivity contribution in [3.05, 3.63) is 76.0 Å². The van der Waals surface area contributed by atoms with Crippen LogP contribution in [0.15, 0.2) is 58.8 Å². The highest BCUT2D eigenvalue weighted by atomic mass is 14.7. The van der Waals surface area contributed by atoms with Crippen molar-refractivity contribution in [1.82, 2.24) is 0 Å². The molecule has 152 valence electrons. The lowest BCUT2D eigenvalue weighted by molar-refractivity contribution is 0.987. The van der Waals surface area contributed by atoms with Crippen LogP contribution in [0.2, 0.25) is 0 Å². The fourth-order valence-corrected chi connectivity index (χ4v) is 3.54. The average molecular weight is 379 g/mol. The molecule has 0 saturated carbocycles. The molecule has 0 aromatic heterocycles. The minimum atomic E-state index is 0.594. The highest BCUT2D eigenvalue weighted by Gasteiger charge is 2.07. The molecule has 0 atom stereocenters. The summed E-state index contributed by atoms with van der Waals surface area (Å²) in [5.74, 6) is 0. The second-order valence-corrected chi connectivity index (χ2v) is 7.22. The first-order valence-corrected chi connectivity index (χ1v) is 10.4. The first-order valence-electron chi connectivity index (χ1n) is 10.4. The molecular weight excluding hydrogens is 340 g/mol. The van der Waals surface area contributed by atoms with Crippen molar-refractivity contribution in [2.45, 2.75) is 74.3 Å². The molecule has 0 fully saturated rings. The van der Waals surface area contributed by atoms with E-state index < -0.39 is 0 Å². The van der Waals surface area contributed by atoms with Crippen molar-refractivity contribution >= 4 is 11.3 Å². The zero-order valence-corrected chi connectivity index (χ0v) is 18.9. The molecule has 0 aliphatic rings. The summed E-state index contributed by atoms with van der Waals surface area (Å²) in [5, 5.41) is 0. The van der Waals surface area contributed by atoms with Gasteiger partial charge in [0, 0.05) is 18.5 Å². The normalized spacial score (nSPS) is 14.3. The van der Waals surface area contributed by atoms with Crippen LogP contribution in [-0.2, 0) is 13.0 Å². The maximum absolute atomic E-state index is 5.99. The fourth-order valence-electron chi connectivity index (χ4n) is 3.54. The number of hydrogen-bond donors (Lipinski definition) is 1. The summed E-state index contributed by atoms with van der Waals surface area (Å²) in [7, 11) is 0. The molecule has 0 unspecified atom stereocenters. The SMILES string of the molecule is C/C=C/N=C(C)\C(=C\C/C=C(\C)c1cc(C)c(CC)c(CN)c1)C(\C)=C\CC. The van der Waals surface area contributed by atoms with Gasteiger partial charge in [-0.3, -0.25) is 4.99 Å². The Hall–Kier alpha value is -2.19. The van der Waals surface area contributed by atoms with Crippen LogP contribution < -0.4 is 5.73 Å². The molecular formula is C26H38N2. The van der Waals surface area contributed by atoms with Gasteiger partial charge in [0.2, 0.25) is 0 Å². The predicted octanol–water partition coefficient (Wildman–Crippen LogP) is 7.09. The Morgan fingerprint density at radius 1 is 1.07 bits per heavy atom. The van der Waals surface area contributed by atoms with Gasteiger partial charge in [-0.15, -0.1) is 0 Å². The topological polar surface area (TPSA) is 38.4 Å². The average Bonchev–Trinajstić information content (AvgIpc) is 2.68. The zero-order chi connectivity index (χ0) is 21.1. The monoisotopic (exact) mass is 378 g/mol. The summed E-state index contributed by atoms with van der Waals surface area (Å²) in [6.45, 7) is 15.6. The fraction of sp³-hybridized carbons (Fsp3) is 0.423. The van der Waals surface area contributed by atoms with Crippen molar-refractivity contribution in [3.63, 3.8) is 0 Å². The molecule has 0 saturated heterocycles. The number of nitrogens with zero attached hydrogens (tertiary/aromatic N) is 1. The molecule has 0 bridgehead atoms. The van der Waals surface area contributed by atoms with Crippen molar-refractivity contribution < 1.29 is 0 Å². The number of rotatable bonds is 9. The van der Waals surface area contributed by atoms with Crippen molar-refractivity contribution in [3.8, 4) is 0 Å². The smallest absolute Gasteiger partial charge is 0.0444 e. The van der Waals surface area contributed by atoms with Crippen molar-refractivity contribution in [2.75, 3.05) is 0 Å². The number of aliphatic imine (C=N–C) groups is 1.